The Bertz CT molecular complexity index is 872. The van der Waals surface area contributed by atoms with Gasteiger partial charge in [0.25, 0.3) is 5.56 Å². The third kappa shape index (κ3) is 3.11. The first-order valence-electron chi connectivity index (χ1n) is 9.06. The van der Waals surface area contributed by atoms with Gasteiger partial charge in [-0.3, -0.25) is 4.79 Å². The number of hydrogen-bond acceptors (Lipinski definition) is 5. The summed E-state index contributed by atoms with van der Waals surface area (Å²) in [5.74, 6) is 1.76. The van der Waals surface area contributed by atoms with Crippen LogP contribution in [0, 0.1) is 5.92 Å². The number of carbonyl (C=O) groups excluding carboxylic acids is 1. The van der Waals surface area contributed by atoms with Gasteiger partial charge in [-0.2, -0.15) is 4.98 Å². The zero-order chi connectivity index (χ0) is 18.3. The fraction of sp³-hybridized carbons (Fsp3) is 0.556. The molecule has 8 heteroatoms. The normalized spacial score (nSPS) is 21.6. The Hall–Kier alpha value is -2.64. The first-order chi connectivity index (χ1) is 12.5. The molecule has 2 aliphatic rings. The van der Waals surface area contributed by atoms with E-state index in [1.165, 1.54) is 0 Å². The zero-order valence-electron chi connectivity index (χ0n) is 15.0. The summed E-state index contributed by atoms with van der Waals surface area (Å²) in [6.07, 6.45) is 1.02. The van der Waals surface area contributed by atoms with Gasteiger partial charge in [0.05, 0.1) is 6.54 Å². The predicted molar refractivity (Wildman–Crippen MR) is 93.7 cm³/mol. The molecule has 2 amide bonds. The van der Waals surface area contributed by atoms with Crippen LogP contribution in [0.5, 0.6) is 0 Å². The van der Waals surface area contributed by atoms with Gasteiger partial charge < -0.3 is 19.3 Å². The lowest BCUT2D eigenvalue weighted by atomic mass is 9.83. The molecule has 0 radical (unpaired) electrons. The van der Waals surface area contributed by atoms with Crippen LogP contribution in [0.2, 0.25) is 0 Å². The lowest BCUT2D eigenvalue weighted by Crippen LogP contribution is -2.51. The molecule has 1 fully saturated rings. The van der Waals surface area contributed by atoms with Crippen molar-refractivity contribution in [1.82, 2.24) is 24.9 Å². The summed E-state index contributed by atoms with van der Waals surface area (Å²) in [6, 6.07) is 5.27. The number of amides is 2. The topological polar surface area (TPSA) is 93.3 Å². The van der Waals surface area contributed by atoms with E-state index in [-0.39, 0.29) is 30.0 Å². The number of hydrogen-bond donors (Lipinski definition) is 1. The molecule has 0 aromatic carbocycles. The van der Waals surface area contributed by atoms with Crippen molar-refractivity contribution in [3.05, 3.63) is 46.0 Å². The van der Waals surface area contributed by atoms with Crippen molar-refractivity contribution in [2.24, 2.45) is 5.92 Å². The Morgan fingerprint density at radius 3 is 2.96 bits per heavy atom. The molecule has 2 aliphatic heterocycles. The highest BCUT2D eigenvalue weighted by molar-refractivity contribution is 5.74. The average Bonchev–Trinajstić information content (AvgIpc) is 3.10. The second-order valence-corrected chi connectivity index (χ2v) is 7.46. The maximum Gasteiger partial charge on any atom is 0.317 e. The number of fused-ring (bicyclic) bond motifs is 4. The molecule has 0 aliphatic carbocycles. The number of pyridine rings is 1. The van der Waals surface area contributed by atoms with E-state index in [1.54, 1.807) is 12.1 Å². The Labute approximate surface area is 151 Å². The van der Waals surface area contributed by atoms with Gasteiger partial charge in [0.1, 0.15) is 0 Å². The van der Waals surface area contributed by atoms with Gasteiger partial charge in [-0.1, -0.05) is 25.1 Å². The number of urea groups is 1. The van der Waals surface area contributed by atoms with Crippen LogP contribution < -0.4 is 10.9 Å². The molecule has 26 heavy (non-hydrogen) atoms. The van der Waals surface area contributed by atoms with Gasteiger partial charge in [-0.15, -0.1) is 0 Å². The molecule has 8 nitrogen and oxygen atoms in total. The third-order valence-electron chi connectivity index (χ3n) is 5.16. The Morgan fingerprint density at radius 2 is 2.19 bits per heavy atom. The number of nitrogens with one attached hydrogen (secondary N) is 1. The second-order valence-electron chi connectivity index (χ2n) is 7.46. The maximum atomic E-state index is 12.6. The number of nitrogens with zero attached hydrogens (tertiary/aromatic N) is 4. The smallest absolute Gasteiger partial charge is 0.317 e. The van der Waals surface area contributed by atoms with Crippen molar-refractivity contribution < 1.29 is 9.32 Å². The summed E-state index contributed by atoms with van der Waals surface area (Å²) < 4.78 is 7.03. The monoisotopic (exact) mass is 357 g/mol. The van der Waals surface area contributed by atoms with Gasteiger partial charge >= 0.3 is 6.03 Å². The minimum Gasteiger partial charge on any atom is -0.337 e. The fourth-order valence-corrected chi connectivity index (χ4v) is 3.90. The molecule has 0 spiro atoms. The molecule has 0 saturated carbocycles. The molecule has 138 valence electrons. The number of likely N-dealkylation sites (tertiary alicyclic amines) is 1. The fourth-order valence-electron chi connectivity index (χ4n) is 3.90. The molecular weight excluding hydrogens is 334 g/mol. The van der Waals surface area contributed by atoms with E-state index in [1.807, 2.05) is 29.4 Å². The van der Waals surface area contributed by atoms with Crippen molar-refractivity contribution in [3.8, 4) is 0 Å². The van der Waals surface area contributed by atoms with Gasteiger partial charge in [0, 0.05) is 43.2 Å². The van der Waals surface area contributed by atoms with Gasteiger partial charge in [-0.25, -0.2) is 4.79 Å². The van der Waals surface area contributed by atoms with Crippen molar-refractivity contribution in [2.45, 2.75) is 45.2 Å². The highest BCUT2D eigenvalue weighted by Crippen LogP contribution is 2.34. The van der Waals surface area contributed by atoms with E-state index in [0.717, 1.165) is 12.1 Å². The summed E-state index contributed by atoms with van der Waals surface area (Å²) in [6.45, 7) is 6.15. The van der Waals surface area contributed by atoms with Crippen LogP contribution in [0.15, 0.2) is 27.5 Å². The van der Waals surface area contributed by atoms with Gasteiger partial charge in [0.15, 0.2) is 5.82 Å². The molecule has 2 aromatic rings. The maximum absolute atomic E-state index is 12.6. The Morgan fingerprint density at radius 1 is 1.35 bits per heavy atom. The first-order valence-corrected chi connectivity index (χ1v) is 9.06. The molecule has 2 bridgehead atoms. The summed E-state index contributed by atoms with van der Waals surface area (Å²) in [5.41, 5.74) is 1.08. The number of carbonyl (C=O) groups is 1. The van der Waals surface area contributed by atoms with E-state index >= 15 is 0 Å². The van der Waals surface area contributed by atoms with Crippen LogP contribution in [0.1, 0.15) is 49.5 Å². The number of aromatic nitrogens is 3. The van der Waals surface area contributed by atoms with Crippen molar-refractivity contribution in [3.63, 3.8) is 0 Å². The largest absolute Gasteiger partial charge is 0.337 e. The van der Waals surface area contributed by atoms with Crippen LogP contribution in [0.4, 0.5) is 4.79 Å². The van der Waals surface area contributed by atoms with Crippen LogP contribution in [0.3, 0.4) is 0 Å². The summed E-state index contributed by atoms with van der Waals surface area (Å²) in [5, 5.41) is 6.77. The van der Waals surface area contributed by atoms with Crippen LogP contribution in [0.25, 0.3) is 0 Å². The standard InChI is InChI=1S/C18H23N5O3/c1-11(2)17-20-15(26-21-17)7-19-18(25)22-8-12-6-13(10-22)14-4-3-5-16(24)23(14)9-12/h3-5,11-13H,6-10H2,1-2H3,(H,19,25)/t12-,13+/m1/s1. The van der Waals surface area contributed by atoms with Crippen LogP contribution >= 0.6 is 0 Å². The van der Waals surface area contributed by atoms with E-state index in [2.05, 4.69) is 15.5 Å². The number of rotatable bonds is 3. The molecule has 1 N–H and O–H groups in total. The van der Waals surface area contributed by atoms with Crippen LogP contribution in [-0.2, 0) is 13.1 Å². The Kier molecular flexibility index (Phi) is 4.26. The quantitative estimate of drug-likeness (QED) is 0.902. The third-order valence-corrected chi connectivity index (χ3v) is 5.16. The average molecular weight is 357 g/mol. The van der Waals surface area contributed by atoms with E-state index in [9.17, 15) is 9.59 Å². The molecule has 1 saturated heterocycles. The predicted octanol–water partition coefficient (Wildman–Crippen LogP) is 1.68. The molecule has 2 atom stereocenters. The molecular formula is C18H23N5O3. The minimum absolute atomic E-state index is 0.0486. The number of piperidine rings is 1. The molecule has 2 aromatic heterocycles. The van der Waals surface area contributed by atoms with Crippen molar-refractivity contribution >= 4 is 6.03 Å². The highest BCUT2D eigenvalue weighted by Gasteiger charge is 2.36. The Balaban J connectivity index is 1.41. The highest BCUT2D eigenvalue weighted by atomic mass is 16.5. The summed E-state index contributed by atoms with van der Waals surface area (Å²) >= 11 is 0. The van der Waals surface area contributed by atoms with Crippen molar-refractivity contribution in [2.75, 3.05) is 13.1 Å². The molecule has 0 unspecified atom stereocenters. The van der Waals surface area contributed by atoms with E-state index < -0.39 is 0 Å². The zero-order valence-corrected chi connectivity index (χ0v) is 15.0. The summed E-state index contributed by atoms with van der Waals surface area (Å²) in [4.78, 5) is 30.8. The lowest BCUT2D eigenvalue weighted by molar-refractivity contribution is 0.130. The van der Waals surface area contributed by atoms with Gasteiger partial charge in [-0.05, 0) is 18.4 Å². The minimum atomic E-state index is -0.129. The molecule has 4 rings (SSSR count). The first kappa shape index (κ1) is 16.8. The van der Waals surface area contributed by atoms with Crippen LogP contribution in [-0.4, -0.2) is 38.7 Å². The second kappa shape index (κ2) is 6.59. The van der Waals surface area contributed by atoms with Crippen molar-refractivity contribution in [1.29, 1.82) is 0 Å². The molecule has 4 heterocycles. The van der Waals surface area contributed by atoms with E-state index in [4.69, 9.17) is 4.52 Å². The lowest BCUT2D eigenvalue weighted by Gasteiger charge is -2.42. The van der Waals surface area contributed by atoms with E-state index in [0.29, 0.717) is 37.3 Å². The summed E-state index contributed by atoms with van der Waals surface area (Å²) in [7, 11) is 0. The SMILES string of the molecule is CC(C)c1noc(CNC(=O)N2C[C@H]3C[C@@H](C2)c2cccc(=O)n2C3)n1. The van der Waals surface area contributed by atoms with Gasteiger partial charge in [0.2, 0.25) is 5.89 Å².